The maximum Gasteiger partial charge on any atom is 0.510 e. The van der Waals surface area contributed by atoms with E-state index in [0.29, 0.717) is 0 Å². The van der Waals surface area contributed by atoms with Gasteiger partial charge in [-0.15, -0.1) is 11.3 Å². The van der Waals surface area contributed by atoms with Crippen molar-refractivity contribution in [2.75, 3.05) is 19.9 Å². The summed E-state index contributed by atoms with van der Waals surface area (Å²) in [5.41, 5.74) is 0. The lowest BCUT2D eigenvalue weighted by atomic mass is 10.2. The summed E-state index contributed by atoms with van der Waals surface area (Å²) in [6, 6.07) is 8.97. The smallest absolute Gasteiger partial charge is 0.448 e. The summed E-state index contributed by atoms with van der Waals surface area (Å²) in [6.45, 7) is 4.79. The minimum atomic E-state index is -4.21. The van der Waals surface area contributed by atoms with Crippen molar-refractivity contribution in [2.45, 2.75) is 39.9 Å². The topological polar surface area (TPSA) is 133 Å². The van der Waals surface area contributed by atoms with Crippen molar-refractivity contribution in [2.24, 2.45) is 0 Å². The first-order valence-electron chi connectivity index (χ1n) is 9.78. The summed E-state index contributed by atoms with van der Waals surface area (Å²) in [5.74, 6) is -0.760. The Morgan fingerprint density at radius 2 is 1.42 bits per heavy atom. The third-order valence-electron chi connectivity index (χ3n) is 3.50. The average molecular weight is 504 g/mol. The zero-order chi connectivity index (χ0) is 24.4. The summed E-state index contributed by atoms with van der Waals surface area (Å²) in [5, 5.41) is 0.847. The Labute approximate surface area is 194 Å². The highest BCUT2D eigenvalue weighted by atomic mass is 32.1. The molecular weight excluding hydrogens is 479 g/mol. The first-order valence-corrected chi connectivity index (χ1v) is 12.3. The van der Waals surface area contributed by atoms with Crippen molar-refractivity contribution in [1.29, 1.82) is 0 Å². The van der Waals surface area contributed by atoms with Gasteiger partial charge >= 0.3 is 25.9 Å². The van der Waals surface area contributed by atoms with Gasteiger partial charge in [0.25, 0.3) is 0 Å². The number of hydrogen-bond donors (Lipinski definition) is 0. The van der Waals surface area contributed by atoms with Crippen molar-refractivity contribution < 1.29 is 51.7 Å². The molecule has 0 saturated heterocycles. The van der Waals surface area contributed by atoms with E-state index in [-0.39, 0.29) is 4.88 Å². The van der Waals surface area contributed by atoms with Crippen LogP contribution in [0, 0.1) is 0 Å². The Kier molecular flexibility index (Phi) is 10.1. The SMILES string of the molecule is CC(C)OC(=O)OCOP(=O)(COC(=O)c1cc2ccccc2s1)OCOC(=O)OC(C)C. The van der Waals surface area contributed by atoms with Gasteiger partial charge in [0.15, 0.2) is 6.35 Å². The number of rotatable bonds is 11. The number of benzene rings is 1. The number of carbonyl (C=O) groups is 3. The molecule has 0 aliphatic carbocycles. The van der Waals surface area contributed by atoms with E-state index in [2.05, 4.69) is 9.47 Å². The predicted octanol–water partition coefficient (Wildman–Crippen LogP) is 5.28. The Hall–Kier alpha value is -2.66. The van der Waals surface area contributed by atoms with Crippen LogP contribution in [0.5, 0.6) is 0 Å². The molecule has 2 rings (SSSR count). The molecule has 0 saturated carbocycles. The summed E-state index contributed by atoms with van der Waals surface area (Å²) in [6.07, 6.45) is -3.83. The quantitative estimate of drug-likeness (QED) is 0.171. The lowest BCUT2D eigenvalue weighted by molar-refractivity contribution is -0.0337. The Morgan fingerprint density at radius 1 is 0.879 bits per heavy atom. The highest BCUT2D eigenvalue weighted by Crippen LogP contribution is 2.48. The van der Waals surface area contributed by atoms with Gasteiger partial charge < -0.3 is 23.7 Å². The molecule has 1 heterocycles. The molecule has 1 aromatic heterocycles. The van der Waals surface area contributed by atoms with E-state index in [9.17, 15) is 18.9 Å². The van der Waals surface area contributed by atoms with Gasteiger partial charge in [0.1, 0.15) is 4.88 Å². The number of esters is 1. The number of thiophene rings is 1. The summed E-state index contributed by atoms with van der Waals surface area (Å²) < 4.78 is 47.7. The summed E-state index contributed by atoms with van der Waals surface area (Å²) in [4.78, 5) is 35.6. The molecule has 0 N–H and O–H groups in total. The van der Waals surface area contributed by atoms with E-state index in [0.717, 1.165) is 10.1 Å². The van der Waals surface area contributed by atoms with Gasteiger partial charge in [-0.05, 0) is 45.2 Å². The monoisotopic (exact) mass is 504 g/mol. The molecule has 182 valence electrons. The Morgan fingerprint density at radius 3 is 1.94 bits per heavy atom. The van der Waals surface area contributed by atoms with Crippen molar-refractivity contribution in [3.8, 4) is 0 Å². The third kappa shape index (κ3) is 9.39. The average Bonchev–Trinajstić information content (AvgIpc) is 3.15. The van der Waals surface area contributed by atoms with Crippen LogP contribution in [0.25, 0.3) is 10.1 Å². The van der Waals surface area contributed by atoms with Crippen molar-refractivity contribution >= 4 is 47.3 Å². The molecule has 0 radical (unpaired) electrons. The van der Waals surface area contributed by atoms with Crippen molar-refractivity contribution in [1.82, 2.24) is 0 Å². The standard InChI is InChI=1S/C20H25O11PS/c1-13(2)30-19(22)25-10-28-32(24,29-11-26-20(23)31-14(3)4)12-27-18(21)17-9-15-7-5-6-8-16(15)33-17/h5-9,13-14H,10-12H2,1-4H3. The van der Waals surface area contributed by atoms with E-state index >= 15 is 0 Å². The van der Waals surface area contributed by atoms with Gasteiger partial charge in [0.05, 0.1) is 12.2 Å². The summed E-state index contributed by atoms with van der Waals surface area (Å²) in [7, 11) is -4.21. The van der Waals surface area contributed by atoms with E-state index in [4.69, 9.17) is 23.3 Å². The van der Waals surface area contributed by atoms with E-state index in [1.54, 1.807) is 33.8 Å². The molecule has 13 heteroatoms. The van der Waals surface area contributed by atoms with Gasteiger partial charge in [-0.1, -0.05) is 18.2 Å². The van der Waals surface area contributed by atoms with Crippen LogP contribution in [-0.4, -0.2) is 50.4 Å². The first-order chi connectivity index (χ1) is 15.6. The number of fused-ring (bicyclic) bond motifs is 1. The van der Waals surface area contributed by atoms with E-state index in [1.807, 2.05) is 24.3 Å². The second kappa shape index (κ2) is 12.5. The lowest BCUT2D eigenvalue weighted by Crippen LogP contribution is -2.17. The molecule has 0 spiro atoms. The van der Waals surface area contributed by atoms with E-state index < -0.39 is 58.0 Å². The van der Waals surface area contributed by atoms with Crippen LogP contribution in [0.3, 0.4) is 0 Å². The maximum atomic E-state index is 12.9. The van der Waals surface area contributed by atoms with Gasteiger partial charge in [-0.2, -0.15) is 0 Å². The van der Waals surface area contributed by atoms with Crippen LogP contribution in [0.15, 0.2) is 30.3 Å². The second-order valence-corrected chi connectivity index (χ2v) is 10.0. The molecule has 0 bridgehead atoms. The molecule has 0 unspecified atom stereocenters. The van der Waals surface area contributed by atoms with Crippen molar-refractivity contribution in [3.05, 3.63) is 35.2 Å². The van der Waals surface area contributed by atoms with Gasteiger partial charge in [-0.3, -0.25) is 13.6 Å². The fraction of sp³-hybridized carbons (Fsp3) is 0.450. The normalized spacial score (nSPS) is 11.5. The van der Waals surface area contributed by atoms with Crippen LogP contribution in [0.4, 0.5) is 9.59 Å². The number of carbonyl (C=O) groups excluding carboxylic acids is 3. The van der Waals surface area contributed by atoms with E-state index in [1.165, 1.54) is 11.3 Å². The fourth-order valence-corrected chi connectivity index (χ4v) is 4.05. The first kappa shape index (κ1) is 26.6. The highest BCUT2D eigenvalue weighted by Gasteiger charge is 2.30. The predicted molar refractivity (Wildman–Crippen MR) is 117 cm³/mol. The Balaban J connectivity index is 1.97. The highest BCUT2D eigenvalue weighted by molar-refractivity contribution is 7.53. The zero-order valence-corrected chi connectivity index (χ0v) is 20.2. The van der Waals surface area contributed by atoms with Crippen LogP contribution in [0.1, 0.15) is 37.4 Å². The zero-order valence-electron chi connectivity index (χ0n) is 18.5. The van der Waals surface area contributed by atoms with Crippen LogP contribution in [-0.2, 0) is 37.3 Å². The molecule has 0 aliphatic heterocycles. The van der Waals surface area contributed by atoms with Gasteiger partial charge in [-0.25, -0.2) is 14.4 Å². The van der Waals surface area contributed by atoms with Crippen LogP contribution in [0.2, 0.25) is 0 Å². The fourth-order valence-electron chi connectivity index (χ4n) is 2.17. The van der Waals surface area contributed by atoms with Gasteiger partial charge in [0, 0.05) is 4.70 Å². The molecule has 0 fully saturated rings. The van der Waals surface area contributed by atoms with Crippen LogP contribution >= 0.6 is 18.9 Å². The van der Waals surface area contributed by atoms with Crippen molar-refractivity contribution in [3.63, 3.8) is 0 Å². The maximum absolute atomic E-state index is 12.9. The molecule has 0 aliphatic rings. The molecule has 0 amide bonds. The number of hydrogen-bond acceptors (Lipinski definition) is 12. The molecule has 1 aromatic carbocycles. The largest absolute Gasteiger partial charge is 0.510 e. The van der Waals surface area contributed by atoms with Crippen LogP contribution < -0.4 is 0 Å². The lowest BCUT2D eigenvalue weighted by Gasteiger charge is -2.18. The number of ether oxygens (including phenoxy) is 5. The minimum absolute atomic E-state index is 0.274. The summed E-state index contributed by atoms with van der Waals surface area (Å²) >= 11 is 1.19. The molecular formula is C20H25O11PS. The minimum Gasteiger partial charge on any atom is -0.448 e. The molecule has 0 atom stereocenters. The third-order valence-corrected chi connectivity index (χ3v) is 6.04. The van der Waals surface area contributed by atoms with Gasteiger partial charge in [0.2, 0.25) is 13.6 Å². The molecule has 11 nitrogen and oxygen atoms in total. The molecule has 33 heavy (non-hydrogen) atoms. The Bertz CT molecular complexity index is 936. The second-order valence-electron chi connectivity index (χ2n) is 6.94. The molecule has 2 aromatic rings.